The van der Waals surface area contributed by atoms with Crippen LogP contribution < -0.4 is 5.32 Å². The van der Waals surface area contributed by atoms with Gasteiger partial charge in [-0.2, -0.15) is 0 Å². The van der Waals surface area contributed by atoms with E-state index in [1.807, 2.05) is 30.4 Å². The predicted molar refractivity (Wildman–Crippen MR) is 59.7 cm³/mol. The lowest BCUT2D eigenvalue weighted by Crippen LogP contribution is -2.19. The van der Waals surface area contributed by atoms with E-state index in [-0.39, 0.29) is 5.91 Å². The minimum atomic E-state index is -0.0307. The topological polar surface area (TPSA) is 42.0 Å². The summed E-state index contributed by atoms with van der Waals surface area (Å²) in [6, 6.07) is 5.68. The number of hydrogen-bond donors (Lipinski definition) is 1. The Morgan fingerprint density at radius 2 is 2.43 bits per heavy atom. The van der Waals surface area contributed by atoms with Crippen LogP contribution in [0.15, 0.2) is 28.9 Å². The van der Waals surface area contributed by atoms with Crippen molar-refractivity contribution >= 4 is 27.9 Å². The Morgan fingerprint density at radius 3 is 3.07 bits per heavy atom. The van der Waals surface area contributed by atoms with Crippen molar-refractivity contribution in [3.8, 4) is 0 Å². The zero-order chi connectivity index (χ0) is 10.4. The van der Waals surface area contributed by atoms with Gasteiger partial charge in [0.2, 0.25) is 5.91 Å². The van der Waals surface area contributed by atoms with Gasteiger partial charge >= 0.3 is 0 Å². The molecule has 0 saturated carbocycles. The fourth-order valence-electron chi connectivity index (χ4n) is 0.899. The maximum Gasteiger partial charge on any atom is 0.217 e. The number of carbonyl (C=O) groups excluding carboxylic acids is 1. The second-order valence-electron chi connectivity index (χ2n) is 2.72. The molecule has 0 atom stereocenters. The van der Waals surface area contributed by atoms with Gasteiger partial charge in [0.15, 0.2) is 0 Å². The average molecular weight is 255 g/mol. The Balaban J connectivity index is 2.47. The normalized spacial score (nSPS) is 10.4. The molecule has 0 radical (unpaired) electrons. The molecule has 1 amide bonds. The molecule has 0 saturated heterocycles. The number of nitrogens with one attached hydrogen (secondary N) is 1. The average Bonchev–Trinajstić information content (AvgIpc) is 2.12. The van der Waals surface area contributed by atoms with Crippen LogP contribution in [0.3, 0.4) is 0 Å². The molecule has 3 nitrogen and oxygen atoms in total. The third-order valence-corrected chi connectivity index (χ3v) is 1.94. The van der Waals surface area contributed by atoms with Crippen molar-refractivity contribution in [2.75, 3.05) is 6.54 Å². The Morgan fingerprint density at radius 1 is 1.64 bits per heavy atom. The number of pyridine rings is 1. The summed E-state index contributed by atoms with van der Waals surface area (Å²) in [5, 5.41) is 2.67. The molecule has 0 bridgehead atoms. The van der Waals surface area contributed by atoms with Gasteiger partial charge in [0.05, 0.1) is 5.69 Å². The highest BCUT2D eigenvalue weighted by molar-refractivity contribution is 9.10. The van der Waals surface area contributed by atoms with Crippen LogP contribution in [-0.2, 0) is 4.79 Å². The number of amides is 1. The predicted octanol–water partition coefficient (Wildman–Crippen LogP) is 1.99. The standard InChI is InChI=1S/C10H11BrN2O/c1-8(14)12-7-3-5-9-4-2-6-10(11)13-9/h2-6H,7H2,1H3,(H,12,14). The van der Waals surface area contributed by atoms with Gasteiger partial charge in [-0.05, 0) is 34.1 Å². The van der Waals surface area contributed by atoms with Crippen LogP contribution in [0.1, 0.15) is 12.6 Å². The molecule has 0 aliphatic rings. The summed E-state index contributed by atoms with van der Waals surface area (Å²) in [5.74, 6) is -0.0307. The maximum absolute atomic E-state index is 10.5. The first kappa shape index (κ1) is 10.9. The molecule has 0 aliphatic carbocycles. The fourth-order valence-corrected chi connectivity index (χ4v) is 1.26. The maximum atomic E-state index is 10.5. The number of nitrogens with zero attached hydrogens (tertiary/aromatic N) is 1. The highest BCUT2D eigenvalue weighted by Crippen LogP contribution is 2.06. The Hall–Kier alpha value is -1.16. The smallest absolute Gasteiger partial charge is 0.217 e. The third kappa shape index (κ3) is 4.18. The number of aromatic nitrogens is 1. The molecule has 4 heteroatoms. The first-order valence-electron chi connectivity index (χ1n) is 4.22. The number of rotatable bonds is 3. The molecular formula is C10H11BrN2O. The van der Waals surface area contributed by atoms with Crippen molar-refractivity contribution in [2.24, 2.45) is 0 Å². The van der Waals surface area contributed by atoms with Gasteiger partial charge in [-0.25, -0.2) is 4.98 Å². The van der Waals surface area contributed by atoms with E-state index in [1.54, 1.807) is 0 Å². The van der Waals surface area contributed by atoms with Gasteiger partial charge in [-0.1, -0.05) is 12.1 Å². The quantitative estimate of drug-likeness (QED) is 0.839. The fraction of sp³-hybridized carbons (Fsp3) is 0.200. The lowest BCUT2D eigenvalue weighted by Gasteiger charge is -1.95. The SMILES string of the molecule is CC(=O)NCC=Cc1cccc(Br)n1. The molecule has 0 aromatic carbocycles. The second kappa shape index (κ2) is 5.54. The monoisotopic (exact) mass is 254 g/mol. The lowest BCUT2D eigenvalue weighted by atomic mass is 10.3. The molecule has 0 aliphatic heterocycles. The minimum absolute atomic E-state index is 0.0307. The van der Waals surface area contributed by atoms with Crippen molar-refractivity contribution in [3.05, 3.63) is 34.6 Å². The lowest BCUT2D eigenvalue weighted by molar-refractivity contribution is -0.118. The third-order valence-electron chi connectivity index (χ3n) is 1.49. The number of carbonyl (C=O) groups is 1. The second-order valence-corrected chi connectivity index (χ2v) is 3.54. The van der Waals surface area contributed by atoms with Crippen LogP contribution in [0, 0.1) is 0 Å². The summed E-state index contributed by atoms with van der Waals surface area (Å²) >= 11 is 3.28. The summed E-state index contributed by atoms with van der Waals surface area (Å²) in [4.78, 5) is 14.7. The molecule has 14 heavy (non-hydrogen) atoms. The van der Waals surface area contributed by atoms with E-state index in [0.717, 1.165) is 10.3 Å². The Labute approximate surface area is 91.4 Å². The molecule has 74 valence electrons. The minimum Gasteiger partial charge on any atom is -0.353 e. The zero-order valence-electron chi connectivity index (χ0n) is 7.83. The van der Waals surface area contributed by atoms with E-state index >= 15 is 0 Å². The highest BCUT2D eigenvalue weighted by Gasteiger charge is 1.89. The van der Waals surface area contributed by atoms with E-state index in [0.29, 0.717) is 6.54 Å². The van der Waals surface area contributed by atoms with Gasteiger partial charge in [0, 0.05) is 13.5 Å². The van der Waals surface area contributed by atoms with Crippen LogP contribution in [0.5, 0.6) is 0 Å². The molecule has 1 rings (SSSR count). The number of halogens is 1. The zero-order valence-corrected chi connectivity index (χ0v) is 9.41. The van der Waals surface area contributed by atoms with Crippen LogP contribution in [0.2, 0.25) is 0 Å². The molecule has 0 fully saturated rings. The van der Waals surface area contributed by atoms with E-state index < -0.39 is 0 Å². The van der Waals surface area contributed by atoms with Crippen molar-refractivity contribution in [3.63, 3.8) is 0 Å². The summed E-state index contributed by atoms with van der Waals surface area (Å²) in [5.41, 5.74) is 0.865. The molecule has 0 spiro atoms. The van der Waals surface area contributed by atoms with Crippen molar-refractivity contribution < 1.29 is 4.79 Å². The molecule has 1 N–H and O–H groups in total. The summed E-state index contributed by atoms with van der Waals surface area (Å²) in [7, 11) is 0. The first-order chi connectivity index (χ1) is 6.68. The van der Waals surface area contributed by atoms with Crippen LogP contribution in [0.25, 0.3) is 6.08 Å². The summed E-state index contributed by atoms with van der Waals surface area (Å²) in [6.07, 6.45) is 3.72. The number of hydrogen-bond acceptors (Lipinski definition) is 2. The van der Waals surface area contributed by atoms with E-state index in [4.69, 9.17) is 0 Å². The van der Waals surface area contributed by atoms with Crippen LogP contribution in [0.4, 0.5) is 0 Å². The van der Waals surface area contributed by atoms with Gasteiger partial charge < -0.3 is 5.32 Å². The van der Waals surface area contributed by atoms with E-state index in [1.165, 1.54) is 6.92 Å². The Bertz CT molecular complexity index is 350. The molecule has 1 aromatic rings. The van der Waals surface area contributed by atoms with Crippen molar-refractivity contribution in [1.82, 2.24) is 10.3 Å². The van der Waals surface area contributed by atoms with Crippen molar-refractivity contribution in [2.45, 2.75) is 6.92 Å². The van der Waals surface area contributed by atoms with Gasteiger partial charge in [-0.15, -0.1) is 0 Å². The molecular weight excluding hydrogens is 244 g/mol. The van der Waals surface area contributed by atoms with E-state index in [9.17, 15) is 4.79 Å². The van der Waals surface area contributed by atoms with Gasteiger partial charge in [-0.3, -0.25) is 4.79 Å². The largest absolute Gasteiger partial charge is 0.353 e. The highest BCUT2D eigenvalue weighted by atomic mass is 79.9. The molecule has 1 aromatic heterocycles. The van der Waals surface area contributed by atoms with Gasteiger partial charge in [0.25, 0.3) is 0 Å². The molecule has 0 unspecified atom stereocenters. The Kier molecular flexibility index (Phi) is 4.32. The van der Waals surface area contributed by atoms with Crippen LogP contribution >= 0.6 is 15.9 Å². The summed E-state index contributed by atoms with van der Waals surface area (Å²) < 4.78 is 0.805. The van der Waals surface area contributed by atoms with Crippen molar-refractivity contribution in [1.29, 1.82) is 0 Å². The summed E-state index contributed by atoms with van der Waals surface area (Å²) in [6.45, 7) is 2.02. The first-order valence-corrected chi connectivity index (χ1v) is 5.01. The molecule has 1 heterocycles. The van der Waals surface area contributed by atoms with Gasteiger partial charge in [0.1, 0.15) is 4.60 Å². The van der Waals surface area contributed by atoms with E-state index in [2.05, 4.69) is 26.2 Å². The van der Waals surface area contributed by atoms with Crippen LogP contribution in [-0.4, -0.2) is 17.4 Å².